The normalized spacial score (nSPS) is 10.5. The highest BCUT2D eigenvalue weighted by Crippen LogP contribution is 2.16. The number of hydrogen-bond acceptors (Lipinski definition) is 6. The minimum atomic E-state index is -0.880. The molecule has 36 heavy (non-hydrogen) atoms. The Kier molecular flexibility index (Phi) is 9.16. The van der Waals surface area contributed by atoms with Gasteiger partial charge in [-0.05, 0) is 73.0 Å². The Labute approximate surface area is 209 Å². The molecule has 3 aromatic carbocycles. The third-order valence-corrected chi connectivity index (χ3v) is 5.10. The summed E-state index contributed by atoms with van der Waals surface area (Å²) in [5.74, 6) is -0.735. The molecule has 0 aliphatic heterocycles. The van der Waals surface area contributed by atoms with Crippen LogP contribution in [0.15, 0.2) is 71.8 Å². The predicted octanol–water partition coefficient (Wildman–Crippen LogP) is 3.10. The largest absolute Gasteiger partial charge is 0.497 e. The van der Waals surface area contributed by atoms with E-state index in [1.807, 2.05) is 32.0 Å². The maximum Gasteiger partial charge on any atom is 0.329 e. The molecule has 3 amide bonds. The van der Waals surface area contributed by atoms with E-state index in [4.69, 9.17) is 9.47 Å². The van der Waals surface area contributed by atoms with Crippen LogP contribution < -0.4 is 25.5 Å². The van der Waals surface area contributed by atoms with Gasteiger partial charge in [-0.15, -0.1) is 0 Å². The first-order chi connectivity index (χ1) is 17.3. The van der Waals surface area contributed by atoms with E-state index < -0.39 is 11.8 Å². The second-order valence-corrected chi connectivity index (χ2v) is 7.95. The summed E-state index contributed by atoms with van der Waals surface area (Å²) in [7, 11) is 1.57. The minimum absolute atomic E-state index is 0.136. The van der Waals surface area contributed by atoms with Crippen LogP contribution in [0, 0.1) is 13.8 Å². The SMILES string of the molecule is COc1ccc(CNC(=O)C(=O)N/N=C\c2ccc(OCC(=O)Nc3ccc(C)cc3C)cc2)cc1. The molecule has 0 saturated carbocycles. The number of nitrogens with one attached hydrogen (secondary N) is 3. The molecular formula is C27H28N4O5. The number of nitrogens with zero attached hydrogens (tertiary/aromatic N) is 1. The summed E-state index contributed by atoms with van der Waals surface area (Å²) in [6, 6.07) is 19.7. The van der Waals surface area contributed by atoms with Gasteiger partial charge in [0.15, 0.2) is 6.61 Å². The summed E-state index contributed by atoms with van der Waals surface area (Å²) >= 11 is 0. The van der Waals surface area contributed by atoms with Crippen LogP contribution >= 0.6 is 0 Å². The molecule has 0 saturated heterocycles. The van der Waals surface area contributed by atoms with Crippen LogP contribution in [0.4, 0.5) is 5.69 Å². The number of hydrazone groups is 1. The highest BCUT2D eigenvalue weighted by Gasteiger charge is 2.12. The van der Waals surface area contributed by atoms with Gasteiger partial charge >= 0.3 is 11.8 Å². The van der Waals surface area contributed by atoms with Gasteiger partial charge in [0.25, 0.3) is 5.91 Å². The fraction of sp³-hybridized carbons (Fsp3) is 0.185. The molecular weight excluding hydrogens is 460 g/mol. The smallest absolute Gasteiger partial charge is 0.329 e. The lowest BCUT2D eigenvalue weighted by Crippen LogP contribution is -2.37. The topological polar surface area (TPSA) is 118 Å². The molecule has 0 aliphatic carbocycles. The number of anilines is 1. The summed E-state index contributed by atoms with van der Waals surface area (Å²) in [5, 5.41) is 9.15. The Morgan fingerprint density at radius 1 is 0.889 bits per heavy atom. The minimum Gasteiger partial charge on any atom is -0.497 e. The Morgan fingerprint density at radius 2 is 1.58 bits per heavy atom. The Hall–Kier alpha value is -4.66. The molecule has 0 aliphatic rings. The van der Waals surface area contributed by atoms with Gasteiger partial charge in [-0.3, -0.25) is 14.4 Å². The van der Waals surface area contributed by atoms with Crippen molar-refractivity contribution in [3.8, 4) is 11.5 Å². The molecule has 3 N–H and O–H groups in total. The molecule has 9 nitrogen and oxygen atoms in total. The van der Waals surface area contributed by atoms with Gasteiger partial charge in [0, 0.05) is 12.2 Å². The van der Waals surface area contributed by atoms with Gasteiger partial charge in [0.1, 0.15) is 11.5 Å². The summed E-state index contributed by atoms with van der Waals surface area (Å²) < 4.78 is 10.6. The highest BCUT2D eigenvalue weighted by atomic mass is 16.5. The molecule has 0 atom stereocenters. The van der Waals surface area contributed by atoms with Crippen molar-refractivity contribution in [2.24, 2.45) is 5.10 Å². The van der Waals surface area contributed by atoms with E-state index in [1.165, 1.54) is 6.21 Å². The van der Waals surface area contributed by atoms with Crippen molar-refractivity contribution in [2.45, 2.75) is 20.4 Å². The number of amides is 3. The van der Waals surface area contributed by atoms with Crippen molar-refractivity contribution >= 4 is 29.6 Å². The number of aryl methyl sites for hydroxylation is 2. The number of benzene rings is 3. The van der Waals surface area contributed by atoms with Crippen LogP contribution in [0.5, 0.6) is 11.5 Å². The third kappa shape index (κ3) is 7.98. The maximum atomic E-state index is 12.2. The van der Waals surface area contributed by atoms with E-state index in [2.05, 4.69) is 21.2 Å². The van der Waals surface area contributed by atoms with E-state index in [0.29, 0.717) is 17.1 Å². The monoisotopic (exact) mass is 488 g/mol. The van der Waals surface area contributed by atoms with E-state index in [-0.39, 0.29) is 19.1 Å². The summed E-state index contributed by atoms with van der Waals surface area (Å²) in [4.78, 5) is 36.0. The lowest BCUT2D eigenvalue weighted by Gasteiger charge is -2.10. The lowest BCUT2D eigenvalue weighted by atomic mass is 10.1. The summed E-state index contributed by atoms with van der Waals surface area (Å²) in [6.45, 7) is 3.99. The number of hydrogen-bond donors (Lipinski definition) is 3. The predicted molar refractivity (Wildman–Crippen MR) is 137 cm³/mol. The Balaban J connectivity index is 1.40. The molecule has 9 heteroatoms. The third-order valence-electron chi connectivity index (χ3n) is 5.10. The number of rotatable bonds is 9. The van der Waals surface area contributed by atoms with Gasteiger partial charge in [0.2, 0.25) is 0 Å². The van der Waals surface area contributed by atoms with Crippen LogP contribution in [-0.4, -0.2) is 37.7 Å². The zero-order valence-electron chi connectivity index (χ0n) is 20.3. The summed E-state index contributed by atoms with van der Waals surface area (Å²) in [5.41, 5.74) is 6.53. The van der Waals surface area contributed by atoms with Crippen molar-refractivity contribution < 1.29 is 23.9 Å². The van der Waals surface area contributed by atoms with Crippen molar-refractivity contribution in [2.75, 3.05) is 19.0 Å². The second kappa shape index (κ2) is 12.7. The van der Waals surface area contributed by atoms with Crippen LogP contribution in [0.3, 0.4) is 0 Å². The maximum absolute atomic E-state index is 12.2. The molecule has 0 heterocycles. The van der Waals surface area contributed by atoms with Crippen LogP contribution in [0.2, 0.25) is 0 Å². The molecule has 0 spiro atoms. The lowest BCUT2D eigenvalue weighted by molar-refractivity contribution is -0.139. The van der Waals surface area contributed by atoms with E-state index in [0.717, 1.165) is 22.4 Å². The average molecular weight is 489 g/mol. The number of ether oxygens (including phenoxy) is 2. The van der Waals surface area contributed by atoms with E-state index >= 15 is 0 Å². The molecule has 0 unspecified atom stereocenters. The van der Waals surface area contributed by atoms with Gasteiger partial charge in [0.05, 0.1) is 13.3 Å². The van der Waals surface area contributed by atoms with Crippen LogP contribution in [-0.2, 0) is 20.9 Å². The zero-order valence-corrected chi connectivity index (χ0v) is 20.3. The first-order valence-electron chi connectivity index (χ1n) is 11.2. The van der Waals surface area contributed by atoms with Gasteiger partial charge in [-0.2, -0.15) is 5.10 Å². The Morgan fingerprint density at radius 3 is 2.25 bits per heavy atom. The van der Waals surface area contributed by atoms with Crippen LogP contribution in [0.25, 0.3) is 0 Å². The summed E-state index contributed by atoms with van der Waals surface area (Å²) in [6.07, 6.45) is 1.39. The van der Waals surface area contributed by atoms with Crippen LogP contribution in [0.1, 0.15) is 22.3 Å². The standard InChI is InChI=1S/C27H28N4O5/c1-18-4-13-24(19(2)14-18)30-25(32)17-36-23-11-7-21(8-12-23)16-29-31-27(34)26(33)28-15-20-5-9-22(35-3)10-6-20/h4-14,16H,15,17H2,1-3H3,(H,28,33)(H,30,32)(H,31,34)/b29-16-. The highest BCUT2D eigenvalue weighted by molar-refractivity contribution is 6.35. The molecule has 186 valence electrons. The second-order valence-electron chi connectivity index (χ2n) is 7.95. The van der Waals surface area contributed by atoms with E-state index in [1.54, 1.807) is 55.6 Å². The molecule has 3 aromatic rings. The molecule has 0 aromatic heterocycles. The van der Waals surface area contributed by atoms with Crippen molar-refractivity contribution in [3.05, 3.63) is 89.0 Å². The van der Waals surface area contributed by atoms with Crippen molar-refractivity contribution in [1.82, 2.24) is 10.7 Å². The fourth-order valence-corrected chi connectivity index (χ4v) is 3.16. The molecule has 0 fully saturated rings. The number of carbonyl (C=O) groups is 3. The average Bonchev–Trinajstić information content (AvgIpc) is 2.88. The fourth-order valence-electron chi connectivity index (χ4n) is 3.16. The van der Waals surface area contributed by atoms with Crippen molar-refractivity contribution in [3.63, 3.8) is 0 Å². The van der Waals surface area contributed by atoms with Crippen molar-refractivity contribution in [1.29, 1.82) is 0 Å². The quantitative estimate of drug-likeness (QED) is 0.243. The molecule has 0 radical (unpaired) electrons. The zero-order chi connectivity index (χ0) is 25.9. The number of methoxy groups -OCH3 is 1. The first kappa shape index (κ1) is 26.0. The molecule has 0 bridgehead atoms. The van der Waals surface area contributed by atoms with Gasteiger partial charge < -0.3 is 20.1 Å². The van der Waals surface area contributed by atoms with Gasteiger partial charge in [-0.25, -0.2) is 5.43 Å². The molecule has 3 rings (SSSR count). The Bertz CT molecular complexity index is 1240. The van der Waals surface area contributed by atoms with E-state index in [9.17, 15) is 14.4 Å². The number of carbonyl (C=O) groups excluding carboxylic acids is 3. The first-order valence-corrected chi connectivity index (χ1v) is 11.2. The van der Waals surface area contributed by atoms with Gasteiger partial charge in [-0.1, -0.05) is 29.8 Å².